The van der Waals surface area contributed by atoms with Crippen LogP contribution in [0.5, 0.6) is 0 Å². The van der Waals surface area contributed by atoms with Crippen LogP contribution in [0.4, 0.5) is 0 Å². The summed E-state index contributed by atoms with van der Waals surface area (Å²) in [7, 11) is 0. The summed E-state index contributed by atoms with van der Waals surface area (Å²) >= 11 is 0. The van der Waals surface area contributed by atoms with Gasteiger partial charge in [-0.1, -0.05) is 26.7 Å². The molecule has 0 radical (unpaired) electrons. The average Bonchev–Trinajstić information content (AvgIpc) is 2.62. The van der Waals surface area contributed by atoms with Crippen molar-refractivity contribution in [3.63, 3.8) is 0 Å². The highest BCUT2D eigenvalue weighted by Gasteiger charge is 2.33. The Bertz CT molecular complexity index is 309. The van der Waals surface area contributed by atoms with Crippen LogP contribution in [0.2, 0.25) is 0 Å². The first kappa shape index (κ1) is 15.0. The minimum Gasteiger partial charge on any atom is -0.368 e. The number of primary amides is 1. The van der Waals surface area contributed by atoms with Crippen molar-refractivity contribution in [2.75, 3.05) is 13.1 Å². The zero-order valence-corrected chi connectivity index (χ0v) is 11.4. The lowest BCUT2D eigenvalue weighted by atomic mass is 9.94. The Hall–Kier alpha value is -1.10. The Morgan fingerprint density at radius 3 is 2.28 bits per heavy atom. The summed E-state index contributed by atoms with van der Waals surface area (Å²) in [6.45, 7) is 4.56. The van der Waals surface area contributed by atoms with Gasteiger partial charge in [-0.15, -0.1) is 0 Å². The van der Waals surface area contributed by atoms with Crippen molar-refractivity contribution >= 4 is 11.8 Å². The van der Waals surface area contributed by atoms with E-state index in [2.05, 4.69) is 0 Å². The van der Waals surface area contributed by atoms with Crippen molar-refractivity contribution in [1.29, 1.82) is 0 Å². The number of carbonyl (C=O) groups excluding carboxylic acids is 2. The number of hydrogen-bond acceptors (Lipinski definition) is 3. The van der Waals surface area contributed by atoms with Gasteiger partial charge in [0.25, 0.3) is 0 Å². The van der Waals surface area contributed by atoms with E-state index in [9.17, 15) is 9.59 Å². The van der Waals surface area contributed by atoms with E-state index in [0.29, 0.717) is 18.9 Å². The predicted octanol–water partition coefficient (Wildman–Crippen LogP) is 0.618. The number of nitrogens with two attached hydrogens (primary N) is 2. The molecule has 0 saturated heterocycles. The average molecular weight is 255 g/mol. The van der Waals surface area contributed by atoms with E-state index in [4.69, 9.17) is 11.5 Å². The summed E-state index contributed by atoms with van der Waals surface area (Å²) in [4.78, 5) is 24.8. The molecule has 5 heteroatoms. The second kappa shape index (κ2) is 6.18. The third-order valence-corrected chi connectivity index (χ3v) is 3.39. The zero-order valence-electron chi connectivity index (χ0n) is 11.4. The number of amides is 2. The summed E-state index contributed by atoms with van der Waals surface area (Å²) in [6, 6.07) is 0. The zero-order chi connectivity index (χ0) is 13.8. The lowest BCUT2D eigenvalue weighted by Gasteiger charge is -2.29. The summed E-state index contributed by atoms with van der Waals surface area (Å²) < 4.78 is 0. The fraction of sp³-hybridized carbons (Fsp3) is 0.846. The van der Waals surface area contributed by atoms with Crippen molar-refractivity contribution < 1.29 is 9.59 Å². The molecule has 0 aliphatic heterocycles. The minimum atomic E-state index is -0.471. The van der Waals surface area contributed by atoms with E-state index >= 15 is 0 Å². The molecular formula is C13H25N3O2. The van der Waals surface area contributed by atoms with E-state index in [1.807, 2.05) is 13.8 Å². The number of nitrogens with zero attached hydrogens (tertiary/aromatic N) is 1. The second-order valence-corrected chi connectivity index (χ2v) is 5.88. The Labute approximate surface area is 109 Å². The predicted molar refractivity (Wildman–Crippen MR) is 70.6 cm³/mol. The summed E-state index contributed by atoms with van der Waals surface area (Å²) in [5.74, 6) is -0.209. The number of rotatable bonds is 6. The van der Waals surface area contributed by atoms with Gasteiger partial charge in [-0.05, 0) is 18.8 Å². The van der Waals surface area contributed by atoms with E-state index in [1.165, 1.54) is 0 Å². The standard InChI is InChI=1S/C13H25N3O2/c1-10(2)8-16(9-11(14)17)12(18)7-13(15)5-3-4-6-13/h10H,3-9,15H2,1-2H3,(H2,14,17). The molecule has 1 saturated carbocycles. The van der Waals surface area contributed by atoms with Gasteiger partial charge in [0.1, 0.15) is 0 Å². The molecule has 0 unspecified atom stereocenters. The van der Waals surface area contributed by atoms with Gasteiger partial charge in [0, 0.05) is 18.5 Å². The molecule has 0 heterocycles. The monoisotopic (exact) mass is 255 g/mol. The maximum atomic E-state index is 12.2. The van der Waals surface area contributed by atoms with Gasteiger partial charge in [-0.3, -0.25) is 9.59 Å². The maximum Gasteiger partial charge on any atom is 0.237 e. The highest BCUT2D eigenvalue weighted by Crippen LogP contribution is 2.30. The third kappa shape index (κ3) is 4.64. The minimum absolute atomic E-state index is 0.00685. The van der Waals surface area contributed by atoms with Gasteiger partial charge in [0.15, 0.2) is 0 Å². The van der Waals surface area contributed by atoms with Crippen molar-refractivity contribution in [1.82, 2.24) is 4.90 Å². The topological polar surface area (TPSA) is 89.4 Å². The Morgan fingerprint density at radius 2 is 1.83 bits per heavy atom. The van der Waals surface area contributed by atoms with Crippen molar-refractivity contribution in [3.05, 3.63) is 0 Å². The summed E-state index contributed by atoms with van der Waals surface area (Å²) in [5, 5.41) is 0. The molecule has 0 aromatic carbocycles. The van der Waals surface area contributed by atoms with E-state index < -0.39 is 5.91 Å². The number of hydrogen-bond donors (Lipinski definition) is 2. The molecule has 18 heavy (non-hydrogen) atoms. The first-order valence-electron chi connectivity index (χ1n) is 6.67. The molecule has 1 aliphatic carbocycles. The second-order valence-electron chi connectivity index (χ2n) is 5.88. The van der Waals surface area contributed by atoms with Crippen LogP contribution in [0.1, 0.15) is 46.0 Å². The van der Waals surface area contributed by atoms with Gasteiger partial charge >= 0.3 is 0 Å². The van der Waals surface area contributed by atoms with Crippen LogP contribution >= 0.6 is 0 Å². The lowest BCUT2D eigenvalue weighted by molar-refractivity contribution is -0.136. The van der Waals surface area contributed by atoms with Gasteiger partial charge in [-0.25, -0.2) is 0 Å². The van der Waals surface area contributed by atoms with Crippen LogP contribution < -0.4 is 11.5 Å². The molecule has 1 fully saturated rings. The molecule has 0 spiro atoms. The Balaban J connectivity index is 2.60. The van der Waals surface area contributed by atoms with E-state index in [1.54, 1.807) is 4.90 Å². The molecule has 0 aromatic heterocycles. The molecule has 0 aromatic rings. The van der Waals surface area contributed by atoms with Crippen LogP contribution in [0.15, 0.2) is 0 Å². The quantitative estimate of drug-likeness (QED) is 0.729. The van der Waals surface area contributed by atoms with Crippen LogP contribution in [-0.2, 0) is 9.59 Å². The fourth-order valence-electron chi connectivity index (χ4n) is 2.55. The van der Waals surface area contributed by atoms with Gasteiger partial charge in [0.05, 0.1) is 6.54 Å². The first-order valence-corrected chi connectivity index (χ1v) is 6.67. The maximum absolute atomic E-state index is 12.2. The summed E-state index contributed by atoms with van der Waals surface area (Å²) in [6.07, 6.45) is 4.29. The number of carbonyl (C=O) groups is 2. The molecule has 2 amide bonds. The lowest BCUT2D eigenvalue weighted by Crippen LogP contribution is -2.46. The first-order chi connectivity index (χ1) is 8.32. The molecule has 1 rings (SSSR count). The molecular weight excluding hydrogens is 230 g/mol. The smallest absolute Gasteiger partial charge is 0.237 e. The van der Waals surface area contributed by atoms with E-state index in [0.717, 1.165) is 25.7 Å². The van der Waals surface area contributed by atoms with Crippen LogP contribution in [0.25, 0.3) is 0 Å². The fourth-order valence-corrected chi connectivity index (χ4v) is 2.55. The van der Waals surface area contributed by atoms with E-state index in [-0.39, 0.29) is 18.0 Å². The molecule has 1 aliphatic rings. The molecule has 4 N–H and O–H groups in total. The van der Waals surface area contributed by atoms with Crippen molar-refractivity contribution in [2.24, 2.45) is 17.4 Å². The molecule has 0 atom stereocenters. The highest BCUT2D eigenvalue weighted by molar-refractivity contribution is 5.84. The van der Waals surface area contributed by atoms with Crippen molar-refractivity contribution in [3.8, 4) is 0 Å². The molecule has 0 bridgehead atoms. The Morgan fingerprint density at radius 1 is 1.28 bits per heavy atom. The molecule has 104 valence electrons. The van der Waals surface area contributed by atoms with Crippen LogP contribution in [0.3, 0.4) is 0 Å². The highest BCUT2D eigenvalue weighted by atomic mass is 16.2. The molecule has 5 nitrogen and oxygen atoms in total. The van der Waals surface area contributed by atoms with Crippen LogP contribution in [-0.4, -0.2) is 35.3 Å². The SMILES string of the molecule is CC(C)CN(CC(N)=O)C(=O)CC1(N)CCCC1. The van der Waals surface area contributed by atoms with Crippen molar-refractivity contribution in [2.45, 2.75) is 51.5 Å². The van der Waals surface area contributed by atoms with Gasteiger partial charge in [0.2, 0.25) is 11.8 Å². The summed E-state index contributed by atoms with van der Waals surface area (Å²) in [5.41, 5.74) is 11.0. The third-order valence-electron chi connectivity index (χ3n) is 3.39. The Kier molecular flexibility index (Phi) is 5.14. The van der Waals surface area contributed by atoms with Gasteiger partial charge < -0.3 is 16.4 Å². The normalized spacial score (nSPS) is 18.0. The van der Waals surface area contributed by atoms with Gasteiger partial charge in [-0.2, -0.15) is 0 Å². The van der Waals surface area contributed by atoms with Crippen LogP contribution in [0, 0.1) is 5.92 Å². The largest absolute Gasteiger partial charge is 0.368 e.